The molecule has 0 saturated carbocycles. The number of ether oxygens (including phenoxy) is 2. The molecule has 1 aromatic heterocycles. The van der Waals surface area contributed by atoms with E-state index < -0.39 is 17.9 Å². The highest BCUT2D eigenvalue weighted by atomic mass is 35.5. The largest absolute Gasteiger partial charge is 0.573 e. The highest BCUT2D eigenvalue weighted by Crippen LogP contribution is 2.37. The highest BCUT2D eigenvalue weighted by Gasteiger charge is 2.33. The number of hydrogen-bond donors (Lipinski definition) is 1. The van der Waals surface area contributed by atoms with Crippen molar-refractivity contribution < 1.29 is 31.8 Å². The summed E-state index contributed by atoms with van der Waals surface area (Å²) in [5.41, 5.74) is 1.25. The van der Waals surface area contributed by atoms with Crippen LogP contribution in [0.1, 0.15) is 31.5 Å². The van der Waals surface area contributed by atoms with Crippen LogP contribution in [-0.2, 0) is 17.8 Å². The predicted molar refractivity (Wildman–Crippen MR) is 115 cm³/mol. The van der Waals surface area contributed by atoms with Gasteiger partial charge < -0.3 is 19.8 Å². The molecule has 0 saturated heterocycles. The van der Waals surface area contributed by atoms with Gasteiger partial charge in [-0.05, 0) is 25.0 Å². The third kappa shape index (κ3) is 5.82. The average molecular weight is 501 g/mol. The zero-order chi connectivity index (χ0) is 25.0. The molecule has 12 heteroatoms. The number of aromatic nitrogens is 2. The molecule has 1 N–H and O–H groups in total. The second-order valence-corrected chi connectivity index (χ2v) is 7.91. The number of hydrogen-bond acceptors (Lipinski definition) is 7. The number of carbonyl (C=O) groups excluding carboxylic acids is 1. The van der Waals surface area contributed by atoms with E-state index in [4.69, 9.17) is 21.7 Å². The number of rotatable bonds is 8. The van der Waals surface area contributed by atoms with Gasteiger partial charge in [-0.2, -0.15) is 0 Å². The summed E-state index contributed by atoms with van der Waals surface area (Å²) in [6.07, 6.45) is -1.97. The van der Waals surface area contributed by atoms with Crippen LogP contribution in [0.3, 0.4) is 0 Å². The minimum absolute atomic E-state index is 0.00885. The van der Waals surface area contributed by atoms with Crippen molar-refractivity contribution in [1.29, 1.82) is 5.41 Å². The molecule has 1 unspecified atom stereocenters. The minimum atomic E-state index is -5.04. The van der Waals surface area contributed by atoms with Crippen LogP contribution >= 0.6 is 11.6 Å². The van der Waals surface area contributed by atoms with Crippen molar-refractivity contribution in [3.05, 3.63) is 52.3 Å². The highest BCUT2D eigenvalue weighted by molar-refractivity contribution is 6.44. The molecule has 1 aromatic carbocycles. The van der Waals surface area contributed by atoms with Crippen molar-refractivity contribution in [2.45, 2.75) is 39.6 Å². The molecule has 3 rings (SSSR count). The Morgan fingerprint density at radius 1 is 1.32 bits per heavy atom. The Morgan fingerprint density at radius 2 is 2.06 bits per heavy atom. The van der Waals surface area contributed by atoms with Crippen LogP contribution in [0, 0.1) is 17.1 Å². The first kappa shape index (κ1) is 25.4. The molecule has 182 valence electrons. The van der Waals surface area contributed by atoms with Crippen LogP contribution in [0.4, 0.5) is 17.6 Å². The van der Waals surface area contributed by atoms with Gasteiger partial charge in [0.15, 0.2) is 17.3 Å². The number of alkyl halides is 3. The Hall–Kier alpha value is -3.21. The fraction of sp³-hybridized carbons (Fsp3) is 0.364. The van der Waals surface area contributed by atoms with E-state index in [1.165, 1.54) is 6.33 Å². The van der Waals surface area contributed by atoms with E-state index in [1.54, 1.807) is 11.8 Å². The number of nitrogens with one attached hydrogen (secondary N) is 1. The fourth-order valence-electron chi connectivity index (χ4n) is 3.31. The fourth-order valence-corrected chi connectivity index (χ4v) is 3.67. The smallest absolute Gasteiger partial charge is 0.435 e. The molecular weight excluding hydrogens is 480 g/mol. The summed E-state index contributed by atoms with van der Waals surface area (Å²) in [5, 5.41) is 7.71. The number of Topliss-reactive ketones (excluding diaryl/α,β-unsaturated/α-hetero) is 1. The van der Waals surface area contributed by atoms with Gasteiger partial charge in [0.25, 0.3) is 0 Å². The van der Waals surface area contributed by atoms with Crippen LogP contribution < -0.4 is 9.47 Å². The third-order valence-corrected chi connectivity index (χ3v) is 5.66. The minimum Gasteiger partial charge on any atom is -0.435 e. The molecule has 0 amide bonds. The average Bonchev–Trinajstić information content (AvgIpc) is 2.79. The van der Waals surface area contributed by atoms with Gasteiger partial charge in [-0.25, -0.2) is 14.4 Å². The Bertz CT molecular complexity index is 1120. The maximum Gasteiger partial charge on any atom is 0.573 e. The lowest BCUT2D eigenvalue weighted by Crippen LogP contribution is -2.33. The number of benzene rings is 1. The lowest BCUT2D eigenvalue weighted by Gasteiger charge is -2.31. The summed E-state index contributed by atoms with van der Waals surface area (Å²) in [6, 6.07) is 2.51. The van der Waals surface area contributed by atoms with Gasteiger partial charge in [0, 0.05) is 30.3 Å². The van der Waals surface area contributed by atoms with E-state index in [2.05, 4.69) is 14.7 Å². The molecule has 2 aromatic rings. The molecule has 34 heavy (non-hydrogen) atoms. The summed E-state index contributed by atoms with van der Waals surface area (Å²) in [4.78, 5) is 22.4. The molecule has 0 aliphatic carbocycles. The van der Waals surface area contributed by atoms with E-state index in [1.807, 2.05) is 6.92 Å². The van der Waals surface area contributed by atoms with Gasteiger partial charge in [-0.3, -0.25) is 4.79 Å². The zero-order valence-corrected chi connectivity index (χ0v) is 19.0. The van der Waals surface area contributed by atoms with Crippen molar-refractivity contribution in [1.82, 2.24) is 14.9 Å². The van der Waals surface area contributed by atoms with Crippen molar-refractivity contribution in [3.63, 3.8) is 0 Å². The number of allylic oxidation sites excluding steroid dienone is 2. The van der Waals surface area contributed by atoms with E-state index in [0.717, 1.165) is 18.3 Å². The van der Waals surface area contributed by atoms with Gasteiger partial charge in [0.05, 0.1) is 17.9 Å². The van der Waals surface area contributed by atoms with E-state index in [0.29, 0.717) is 36.7 Å². The number of fused-ring (bicyclic) bond motifs is 1. The topological polar surface area (TPSA) is 88.4 Å². The Morgan fingerprint density at radius 3 is 2.71 bits per heavy atom. The van der Waals surface area contributed by atoms with E-state index in [-0.39, 0.29) is 40.6 Å². The Labute approximate surface area is 197 Å². The predicted octanol–water partition coefficient (Wildman–Crippen LogP) is 5.38. The Kier molecular flexibility index (Phi) is 7.75. The summed E-state index contributed by atoms with van der Waals surface area (Å²) < 4.78 is 61.1. The quantitative estimate of drug-likeness (QED) is 0.297. The Balaban J connectivity index is 1.89. The molecule has 0 radical (unpaired) electrons. The first-order valence-electron chi connectivity index (χ1n) is 10.3. The van der Waals surface area contributed by atoms with Crippen LogP contribution in [0.25, 0.3) is 0 Å². The molecular formula is C22H21ClF4N4O3. The SMILES string of the molecule is CCC(C)C(=O)/C(Cl)=C(\C=N)N1CCc2c(ncnc2Oc2ccc(F)cc2OC(F)(F)F)C1. The molecule has 1 aliphatic heterocycles. The third-order valence-electron chi connectivity index (χ3n) is 5.28. The number of ketones is 1. The van der Waals surface area contributed by atoms with Crippen LogP contribution in [0.2, 0.25) is 0 Å². The molecule has 0 fully saturated rings. The standard InChI is InChI=1S/C22H21ClF4N4O3/c1-3-12(2)20(32)19(23)16(9-28)31-7-6-14-15(10-31)29-11-30-21(14)33-17-5-4-13(24)8-18(17)34-22(25,26)27/h4-5,8-9,11-12,28H,3,6-7,10H2,1-2H3/b19-16-,28-9?. The number of halogens is 5. The van der Waals surface area contributed by atoms with Crippen molar-refractivity contribution >= 4 is 23.6 Å². The molecule has 0 bridgehead atoms. The van der Waals surface area contributed by atoms with Gasteiger partial charge in [-0.15, -0.1) is 13.2 Å². The van der Waals surface area contributed by atoms with E-state index in [9.17, 15) is 22.4 Å². The van der Waals surface area contributed by atoms with Crippen LogP contribution in [0.15, 0.2) is 35.3 Å². The van der Waals surface area contributed by atoms with Crippen molar-refractivity contribution in [3.8, 4) is 17.4 Å². The lowest BCUT2D eigenvalue weighted by molar-refractivity contribution is -0.275. The van der Waals surface area contributed by atoms with Crippen molar-refractivity contribution in [2.24, 2.45) is 5.92 Å². The lowest BCUT2D eigenvalue weighted by atomic mass is 10.0. The number of nitrogens with zero attached hydrogens (tertiary/aromatic N) is 3. The molecule has 2 heterocycles. The first-order valence-corrected chi connectivity index (χ1v) is 10.7. The molecule has 1 atom stereocenters. The zero-order valence-electron chi connectivity index (χ0n) is 18.2. The first-order chi connectivity index (χ1) is 16.0. The monoisotopic (exact) mass is 500 g/mol. The van der Waals surface area contributed by atoms with Gasteiger partial charge in [0.1, 0.15) is 17.2 Å². The molecule has 0 spiro atoms. The van der Waals surface area contributed by atoms with Gasteiger partial charge >= 0.3 is 6.36 Å². The summed E-state index contributed by atoms with van der Waals surface area (Å²) in [6.45, 7) is 4.10. The molecule has 7 nitrogen and oxygen atoms in total. The summed E-state index contributed by atoms with van der Waals surface area (Å²) in [7, 11) is 0. The van der Waals surface area contributed by atoms with Crippen LogP contribution in [0.5, 0.6) is 17.4 Å². The maximum absolute atomic E-state index is 13.5. The van der Waals surface area contributed by atoms with Crippen molar-refractivity contribution in [2.75, 3.05) is 6.54 Å². The van der Waals surface area contributed by atoms with E-state index >= 15 is 0 Å². The van der Waals surface area contributed by atoms with Gasteiger partial charge in [-0.1, -0.05) is 25.4 Å². The van der Waals surface area contributed by atoms with Crippen LogP contribution in [-0.4, -0.2) is 39.8 Å². The second kappa shape index (κ2) is 10.4. The van der Waals surface area contributed by atoms with Gasteiger partial charge in [0.2, 0.25) is 5.88 Å². The maximum atomic E-state index is 13.5. The summed E-state index contributed by atoms with van der Waals surface area (Å²) >= 11 is 6.30. The normalized spacial score (nSPS) is 15.2. The molecule has 1 aliphatic rings. The second-order valence-electron chi connectivity index (χ2n) is 7.53. The number of carbonyl (C=O) groups is 1. The summed E-state index contributed by atoms with van der Waals surface area (Å²) in [5.74, 6) is -2.72.